The first-order chi connectivity index (χ1) is 9.40. The van der Waals surface area contributed by atoms with Crippen LogP contribution < -0.4 is 5.32 Å². The molecule has 0 bridgehead atoms. The lowest BCUT2D eigenvalue weighted by Gasteiger charge is -2.37. The van der Waals surface area contributed by atoms with Crippen LogP contribution in [0.2, 0.25) is 0 Å². The van der Waals surface area contributed by atoms with E-state index in [0.29, 0.717) is 25.1 Å². The third-order valence-corrected chi connectivity index (χ3v) is 3.60. The molecule has 1 saturated heterocycles. The maximum absolute atomic E-state index is 12.8. The highest BCUT2D eigenvalue weighted by Gasteiger charge is 2.39. The van der Waals surface area contributed by atoms with Crippen molar-refractivity contribution in [1.82, 2.24) is 4.90 Å². The smallest absolute Gasteiger partial charge is 0.321 e. The van der Waals surface area contributed by atoms with E-state index in [4.69, 9.17) is 0 Å². The molecule has 0 aromatic heterocycles. The number of carboxylic acids is 1. The predicted molar refractivity (Wildman–Crippen MR) is 72.0 cm³/mol. The second kappa shape index (κ2) is 5.48. The molecule has 2 rings (SSSR count). The number of carbonyl (C=O) groups is 2. The fourth-order valence-electron chi connectivity index (χ4n) is 2.32. The maximum atomic E-state index is 12.8. The van der Waals surface area contributed by atoms with Gasteiger partial charge in [0.25, 0.3) is 0 Å². The Morgan fingerprint density at radius 1 is 1.35 bits per heavy atom. The van der Waals surface area contributed by atoms with Gasteiger partial charge in [-0.15, -0.1) is 0 Å². The average molecular weight is 280 g/mol. The van der Waals surface area contributed by atoms with Crippen LogP contribution in [0.15, 0.2) is 24.3 Å². The monoisotopic (exact) mass is 280 g/mol. The molecule has 5 nitrogen and oxygen atoms in total. The molecule has 1 aromatic rings. The quantitative estimate of drug-likeness (QED) is 0.874. The predicted octanol–water partition coefficient (Wildman–Crippen LogP) is 2.54. The van der Waals surface area contributed by atoms with Crippen molar-refractivity contribution in [3.05, 3.63) is 30.1 Å². The van der Waals surface area contributed by atoms with Gasteiger partial charge in [0, 0.05) is 18.8 Å². The summed E-state index contributed by atoms with van der Waals surface area (Å²) in [5, 5.41) is 11.9. The van der Waals surface area contributed by atoms with Crippen LogP contribution in [0.5, 0.6) is 0 Å². The highest BCUT2D eigenvalue weighted by atomic mass is 19.1. The molecular weight excluding hydrogens is 263 g/mol. The fraction of sp³-hybridized carbons (Fsp3) is 0.429. The Balaban J connectivity index is 2.02. The number of hydrogen-bond acceptors (Lipinski definition) is 2. The van der Waals surface area contributed by atoms with E-state index in [1.54, 1.807) is 6.92 Å². The van der Waals surface area contributed by atoms with E-state index in [0.717, 1.165) is 0 Å². The minimum atomic E-state index is -0.904. The number of urea groups is 1. The molecular formula is C14H17FN2O3. The van der Waals surface area contributed by atoms with Crippen LogP contribution in [-0.2, 0) is 4.79 Å². The van der Waals surface area contributed by atoms with Gasteiger partial charge in [-0.25, -0.2) is 9.18 Å². The molecule has 0 spiro atoms. The summed E-state index contributed by atoms with van der Waals surface area (Å²) < 4.78 is 12.8. The van der Waals surface area contributed by atoms with Gasteiger partial charge in [0.15, 0.2) is 0 Å². The highest BCUT2D eigenvalue weighted by Crippen LogP contribution is 2.30. The first kappa shape index (κ1) is 14.3. The molecule has 2 amide bonds. The van der Waals surface area contributed by atoms with Crippen molar-refractivity contribution < 1.29 is 19.1 Å². The number of halogens is 1. The molecule has 2 N–H and O–H groups in total. The van der Waals surface area contributed by atoms with Gasteiger partial charge in [-0.2, -0.15) is 0 Å². The van der Waals surface area contributed by atoms with Crippen LogP contribution in [-0.4, -0.2) is 35.1 Å². The van der Waals surface area contributed by atoms with Crippen molar-refractivity contribution in [3.8, 4) is 0 Å². The van der Waals surface area contributed by atoms with Gasteiger partial charge in [-0.1, -0.05) is 0 Å². The number of piperidine rings is 1. The largest absolute Gasteiger partial charge is 0.481 e. The van der Waals surface area contributed by atoms with E-state index >= 15 is 0 Å². The molecule has 1 aliphatic heterocycles. The molecule has 1 fully saturated rings. The number of nitrogens with zero attached hydrogens (tertiary/aromatic N) is 1. The zero-order chi connectivity index (χ0) is 14.8. The molecule has 1 aromatic carbocycles. The number of likely N-dealkylation sites (tertiary alicyclic amines) is 1. The molecule has 0 radical (unpaired) electrons. The van der Waals surface area contributed by atoms with Crippen molar-refractivity contribution in [2.24, 2.45) is 5.41 Å². The number of hydrogen-bond donors (Lipinski definition) is 2. The topological polar surface area (TPSA) is 69.6 Å². The third kappa shape index (κ3) is 3.07. The fourth-order valence-corrected chi connectivity index (χ4v) is 2.32. The number of carbonyl (C=O) groups excluding carboxylic acids is 1. The van der Waals surface area contributed by atoms with Gasteiger partial charge >= 0.3 is 12.0 Å². The van der Waals surface area contributed by atoms with E-state index in [2.05, 4.69) is 5.32 Å². The first-order valence-corrected chi connectivity index (χ1v) is 6.46. The summed E-state index contributed by atoms with van der Waals surface area (Å²) in [7, 11) is 0. The summed E-state index contributed by atoms with van der Waals surface area (Å²) in [5.74, 6) is -1.27. The summed E-state index contributed by atoms with van der Waals surface area (Å²) >= 11 is 0. The molecule has 1 unspecified atom stereocenters. The Hall–Kier alpha value is -2.11. The van der Waals surface area contributed by atoms with E-state index in [1.807, 2.05) is 0 Å². The minimum Gasteiger partial charge on any atom is -0.481 e. The number of carboxylic acid groups (broad SMARTS) is 1. The van der Waals surface area contributed by atoms with E-state index in [9.17, 15) is 19.1 Å². The van der Waals surface area contributed by atoms with Gasteiger partial charge < -0.3 is 15.3 Å². The number of anilines is 1. The van der Waals surface area contributed by atoms with Gasteiger partial charge in [-0.05, 0) is 44.0 Å². The van der Waals surface area contributed by atoms with E-state index in [-0.39, 0.29) is 18.4 Å². The summed E-state index contributed by atoms with van der Waals surface area (Å²) in [4.78, 5) is 24.8. The van der Waals surface area contributed by atoms with Crippen LogP contribution >= 0.6 is 0 Å². The summed E-state index contributed by atoms with van der Waals surface area (Å²) in [6.07, 6.45) is 1.21. The minimum absolute atomic E-state index is 0.176. The number of rotatable bonds is 2. The van der Waals surface area contributed by atoms with Crippen LogP contribution in [0, 0.1) is 11.2 Å². The third-order valence-electron chi connectivity index (χ3n) is 3.60. The number of nitrogens with one attached hydrogen (secondary N) is 1. The van der Waals surface area contributed by atoms with Crippen LogP contribution in [0.4, 0.5) is 14.9 Å². The summed E-state index contributed by atoms with van der Waals surface area (Å²) in [5.41, 5.74) is -0.419. The van der Waals surface area contributed by atoms with Crippen molar-refractivity contribution in [3.63, 3.8) is 0 Å². The van der Waals surface area contributed by atoms with Crippen molar-refractivity contribution in [1.29, 1.82) is 0 Å². The first-order valence-electron chi connectivity index (χ1n) is 6.46. The SMILES string of the molecule is CC1(C(=O)O)CCCN(C(=O)Nc2ccc(F)cc2)C1. The summed E-state index contributed by atoms with van der Waals surface area (Å²) in [6, 6.07) is 5.09. The van der Waals surface area contributed by atoms with Gasteiger partial charge in [0.05, 0.1) is 5.41 Å². The Morgan fingerprint density at radius 3 is 2.60 bits per heavy atom. The standard InChI is InChI=1S/C14H17FN2O3/c1-14(12(18)19)7-2-8-17(9-14)13(20)16-11-5-3-10(15)4-6-11/h3-6H,2,7-9H2,1H3,(H,16,20)(H,18,19). The van der Waals surface area contributed by atoms with Crippen molar-refractivity contribution >= 4 is 17.7 Å². The van der Waals surface area contributed by atoms with Crippen LogP contribution in [0.3, 0.4) is 0 Å². The molecule has 6 heteroatoms. The van der Waals surface area contributed by atoms with E-state index in [1.165, 1.54) is 29.2 Å². The molecule has 0 aliphatic carbocycles. The average Bonchev–Trinajstić information content (AvgIpc) is 2.41. The lowest BCUT2D eigenvalue weighted by molar-refractivity contribution is -0.150. The lowest BCUT2D eigenvalue weighted by atomic mass is 9.82. The second-order valence-corrected chi connectivity index (χ2v) is 5.33. The molecule has 0 saturated carbocycles. The highest BCUT2D eigenvalue weighted by molar-refractivity contribution is 5.90. The number of aliphatic carboxylic acids is 1. The van der Waals surface area contributed by atoms with E-state index < -0.39 is 11.4 Å². The Labute approximate surface area is 116 Å². The summed E-state index contributed by atoms with van der Waals surface area (Å²) in [6.45, 7) is 2.35. The van der Waals surface area contributed by atoms with Crippen molar-refractivity contribution in [2.75, 3.05) is 18.4 Å². The molecule has 20 heavy (non-hydrogen) atoms. The van der Waals surface area contributed by atoms with Gasteiger partial charge in [0.2, 0.25) is 0 Å². The molecule has 1 atom stereocenters. The van der Waals surface area contributed by atoms with Gasteiger partial charge in [0.1, 0.15) is 5.82 Å². The molecule has 108 valence electrons. The Bertz CT molecular complexity index is 518. The Morgan fingerprint density at radius 2 is 2.00 bits per heavy atom. The molecule has 1 heterocycles. The zero-order valence-electron chi connectivity index (χ0n) is 11.2. The Kier molecular flexibility index (Phi) is 3.92. The van der Waals surface area contributed by atoms with Crippen LogP contribution in [0.1, 0.15) is 19.8 Å². The lowest BCUT2D eigenvalue weighted by Crippen LogP contribution is -2.49. The second-order valence-electron chi connectivity index (χ2n) is 5.33. The zero-order valence-corrected chi connectivity index (χ0v) is 11.2. The van der Waals surface area contributed by atoms with Crippen molar-refractivity contribution in [2.45, 2.75) is 19.8 Å². The molecule has 1 aliphatic rings. The number of amides is 2. The van der Waals surface area contributed by atoms with Crippen LogP contribution in [0.25, 0.3) is 0 Å². The normalized spacial score (nSPS) is 22.4. The number of benzene rings is 1. The van der Waals surface area contributed by atoms with Gasteiger partial charge in [-0.3, -0.25) is 4.79 Å². The maximum Gasteiger partial charge on any atom is 0.321 e.